The normalized spacial score (nSPS) is 17.2. The van der Waals surface area contributed by atoms with Crippen LogP contribution in [0.15, 0.2) is 73.1 Å². The van der Waals surface area contributed by atoms with Gasteiger partial charge in [-0.25, -0.2) is 8.96 Å². The van der Waals surface area contributed by atoms with Crippen LogP contribution in [0.25, 0.3) is 33.3 Å². The average molecular weight is 627 g/mol. The maximum Gasteiger partial charge on any atom is 0.221 e. The summed E-state index contributed by atoms with van der Waals surface area (Å²) >= 11 is 0. The summed E-state index contributed by atoms with van der Waals surface area (Å²) < 4.78 is 21.3. The third-order valence-electron chi connectivity index (χ3n) is 11.9. The van der Waals surface area contributed by atoms with Gasteiger partial charge in [0.1, 0.15) is 12.9 Å². The lowest BCUT2D eigenvalue weighted by molar-refractivity contribution is -0.756. The van der Waals surface area contributed by atoms with Gasteiger partial charge in [-0.05, 0) is 84.4 Å². The minimum absolute atomic E-state index is 0.0833. The summed E-state index contributed by atoms with van der Waals surface area (Å²) in [6.45, 7) is 15.8. The van der Waals surface area contributed by atoms with Crippen molar-refractivity contribution in [1.82, 2.24) is 0 Å². The molecule has 2 aliphatic rings. The summed E-state index contributed by atoms with van der Waals surface area (Å²) in [5.74, 6) is 0.150. The number of hydrogen-bond donors (Lipinski definition) is 0. The molecule has 3 heterocycles. The Hall–Kier alpha value is -3.85. The average Bonchev–Trinajstić information content (AvgIpc) is 3.17. The number of rotatable bonds is 8. The second-order valence-electron chi connectivity index (χ2n) is 15.1. The number of aromatic nitrogens is 2. The molecule has 1 aliphatic carbocycles. The highest BCUT2D eigenvalue weighted by molar-refractivity contribution is 6.02. The van der Waals surface area contributed by atoms with E-state index in [1.165, 1.54) is 73.9 Å². The fraction of sp³-hybridized carbons (Fsp3) is 0.409. The van der Waals surface area contributed by atoms with Crippen LogP contribution in [0.1, 0.15) is 112 Å². The van der Waals surface area contributed by atoms with Gasteiger partial charge in [0.2, 0.25) is 11.4 Å². The van der Waals surface area contributed by atoms with Gasteiger partial charge < -0.3 is 0 Å². The van der Waals surface area contributed by atoms with Crippen LogP contribution in [0.2, 0.25) is 0 Å². The van der Waals surface area contributed by atoms with E-state index in [2.05, 4.69) is 132 Å². The van der Waals surface area contributed by atoms with E-state index < -0.39 is 5.41 Å². The van der Waals surface area contributed by atoms with Gasteiger partial charge in [-0.2, -0.15) is 4.57 Å². The first-order chi connectivity index (χ1) is 22.5. The van der Waals surface area contributed by atoms with E-state index in [0.29, 0.717) is 0 Å². The second-order valence-corrected chi connectivity index (χ2v) is 15.1. The highest BCUT2D eigenvalue weighted by Crippen LogP contribution is 2.54. The molecule has 7 rings (SSSR count). The fourth-order valence-corrected chi connectivity index (χ4v) is 9.18. The lowest BCUT2D eigenvalue weighted by Gasteiger charge is -2.36. The highest BCUT2D eigenvalue weighted by Gasteiger charge is 2.50. The summed E-state index contributed by atoms with van der Waals surface area (Å²) in [7, 11) is 2.15. The van der Waals surface area contributed by atoms with E-state index >= 15 is 4.39 Å². The first kappa shape index (κ1) is 31.7. The van der Waals surface area contributed by atoms with Crippen molar-refractivity contribution in [2.75, 3.05) is 0 Å². The number of halogens is 1. The van der Waals surface area contributed by atoms with E-state index in [1.54, 1.807) is 6.07 Å². The van der Waals surface area contributed by atoms with Gasteiger partial charge in [0.05, 0.1) is 10.9 Å². The summed E-state index contributed by atoms with van der Waals surface area (Å²) in [6, 6.07) is 22.4. The number of hydrogen-bond acceptors (Lipinski definition) is 0. The van der Waals surface area contributed by atoms with E-state index in [9.17, 15) is 0 Å². The highest BCUT2D eigenvalue weighted by atomic mass is 19.1. The van der Waals surface area contributed by atoms with Crippen molar-refractivity contribution in [3.05, 3.63) is 118 Å². The van der Waals surface area contributed by atoms with Crippen LogP contribution in [0.3, 0.4) is 0 Å². The molecule has 1 aliphatic heterocycles. The zero-order valence-electron chi connectivity index (χ0n) is 29.7. The number of pyridine rings is 2. The molecule has 0 N–H and O–H groups in total. The molecule has 2 nitrogen and oxygen atoms in total. The molecule has 0 saturated heterocycles. The Morgan fingerprint density at radius 1 is 0.851 bits per heavy atom. The van der Waals surface area contributed by atoms with Crippen LogP contribution < -0.4 is 9.13 Å². The molecule has 1 unspecified atom stereocenters. The third kappa shape index (κ3) is 4.87. The Kier molecular flexibility index (Phi) is 7.89. The van der Waals surface area contributed by atoms with Gasteiger partial charge in [-0.15, -0.1) is 0 Å². The minimum atomic E-state index is -0.455. The van der Waals surface area contributed by atoms with Crippen LogP contribution in [0.4, 0.5) is 4.39 Å². The van der Waals surface area contributed by atoms with Crippen LogP contribution in [0.5, 0.6) is 0 Å². The van der Waals surface area contributed by atoms with E-state index in [4.69, 9.17) is 0 Å². The predicted octanol–water partition coefficient (Wildman–Crippen LogP) is 10.3. The van der Waals surface area contributed by atoms with E-state index in [-0.39, 0.29) is 17.3 Å². The minimum Gasteiger partial charge on any atom is -0.207 e. The molecule has 0 saturated carbocycles. The van der Waals surface area contributed by atoms with Gasteiger partial charge in [0.15, 0.2) is 17.9 Å². The number of unbranched alkanes of at least 4 members (excludes halogenated alkanes) is 1. The summed E-state index contributed by atoms with van der Waals surface area (Å²) in [5.41, 5.74) is 13.2. The third-order valence-corrected chi connectivity index (χ3v) is 11.9. The molecule has 3 heteroatoms. The van der Waals surface area contributed by atoms with Gasteiger partial charge in [0, 0.05) is 54.0 Å². The van der Waals surface area contributed by atoms with Crippen molar-refractivity contribution >= 4 is 10.8 Å². The van der Waals surface area contributed by atoms with E-state index in [0.717, 1.165) is 43.2 Å². The van der Waals surface area contributed by atoms with Crippen molar-refractivity contribution in [2.24, 2.45) is 7.05 Å². The summed E-state index contributed by atoms with van der Waals surface area (Å²) in [5, 5.41) is 2.70. The Labute approximate surface area is 281 Å². The van der Waals surface area contributed by atoms with Crippen LogP contribution >= 0.6 is 0 Å². The molecule has 2 aromatic heterocycles. The van der Waals surface area contributed by atoms with Crippen molar-refractivity contribution in [1.29, 1.82) is 0 Å². The number of aryl methyl sites for hydroxylation is 4. The fourth-order valence-electron chi connectivity index (χ4n) is 9.18. The molecule has 0 spiro atoms. The van der Waals surface area contributed by atoms with Crippen LogP contribution in [-0.2, 0) is 30.8 Å². The molecular formula is C44H51FN2+2. The van der Waals surface area contributed by atoms with E-state index in [1.807, 2.05) is 0 Å². The summed E-state index contributed by atoms with van der Waals surface area (Å²) in [6.07, 6.45) is 11.9. The standard InChI is InChI=1S/C44H51FN2/c1-9-12-13-30-16-18-36-39-34(30)21-23-47-42(39)40-33(17-19-37(45)41(40)43(36,6)7)32(27-44(47,10-2)11-3)26-31-15-14-28(4)24-35(31)38-25-29(5)20-22-46(38)8/h14-25,32H,9-13,26-27H2,1-8H3/q+2. The summed E-state index contributed by atoms with van der Waals surface area (Å²) in [4.78, 5) is 0. The van der Waals surface area contributed by atoms with Gasteiger partial charge >= 0.3 is 0 Å². The first-order valence-corrected chi connectivity index (χ1v) is 17.9. The Morgan fingerprint density at radius 3 is 2.34 bits per heavy atom. The zero-order chi connectivity index (χ0) is 33.2. The smallest absolute Gasteiger partial charge is 0.207 e. The molecular weight excluding hydrogens is 575 g/mol. The number of benzene rings is 3. The SMILES string of the molecule is CCCCc1ccc2c3c4[n+](ccc13)C(CC)(CC)CC(Cc1ccc(C)cc1-c1cc(C)cc[n+]1C)c1ccc(F)c(c1-4)C2(C)C. The van der Waals surface area contributed by atoms with Gasteiger partial charge in [-0.1, -0.05) is 76.9 Å². The largest absolute Gasteiger partial charge is 0.221 e. The second kappa shape index (κ2) is 11.7. The van der Waals surface area contributed by atoms with Crippen molar-refractivity contribution in [3.8, 4) is 22.5 Å². The van der Waals surface area contributed by atoms with Crippen molar-refractivity contribution < 1.29 is 13.5 Å². The predicted molar refractivity (Wildman–Crippen MR) is 192 cm³/mol. The monoisotopic (exact) mass is 626 g/mol. The molecule has 47 heavy (non-hydrogen) atoms. The Morgan fingerprint density at radius 2 is 1.60 bits per heavy atom. The quantitative estimate of drug-likeness (QED) is 0.151. The van der Waals surface area contributed by atoms with Crippen LogP contribution in [0, 0.1) is 19.7 Å². The number of nitrogens with zero attached hydrogens (tertiary/aromatic N) is 2. The molecule has 242 valence electrons. The van der Waals surface area contributed by atoms with Gasteiger partial charge in [-0.3, -0.25) is 0 Å². The molecule has 0 bridgehead atoms. The maximum absolute atomic E-state index is 16.5. The van der Waals surface area contributed by atoms with Crippen LogP contribution in [-0.4, -0.2) is 0 Å². The zero-order valence-corrected chi connectivity index (χ0v) is 29.7. The molecule has 3 aromatic carbocycles. The van der Waals surface area contributed by atoms with Gasteiger partial charge in [0.25, 0.3) is 0 Å². The molecule has 0 fully saturated rings. The first-order valence-electron chi connectivity index (χ1n) is 17.9. The molecule has 5 aromatic rings. The topological polar surface area (TPSA) is 7.76 Å². The molecule has 0 amide bonds. The lowest BCUT2D eigenvalue weighted by Crippen LogP contribution is -2.57. The molecule has 1 atom stereocenters. The maximum atomic E-state index is 16.5. The Bertz CT molecular complexity index is 2030. The van der Waals surface area contributed by atoms with Crippen molar-refractivity contribution in [2.45, 2.75) is 110 Å². The Balaban J connectivity index is 1.53. The lowest BCUT2D eigenvalue weighted by atomic mass is 9.67. The van der Waals surface area contributed by atoms with Crippen molar-refractivity contribution in [3.63, 3.8) is 0 Å². The molecule has 0 radical (unpaired) electrons.